The van der Waals surface area contributed by atoms with Crippen molar-refractivity contribution in [2.75, 3.05) is 4.90 Å². The molecule has 0 amide bonds. The van der Waals surface area contributed by atoms with Crippen LogP contribution in [0.5, 0.6) is 0 Å². The predicted octanol–water partition coefficient (Wildman–Crippen LogP) is 19.2. The van der Waals surface area contributed by atoms with Gasteiger partial charge in [-0.15, -0.1) is 0 Å². The minimum Gasteiger partial charge on any atom is -0.455 e. The third-order valence-electron chi connectivity index (χ3n) is 15.7. The summed E-state index contributed by atoms with van der Waals surface area (Å²) in [5, 5.41) is 4.73. The van der Waals surface area contributed by atoms with E-state index in [-0.39, 0.29) is 0 Å². The number of hydrogen-bond acceptors (Lipinski definition) is 2. The van der Waals surface area contributed by atoms with Gasteiger partial charge in [-0.3, -0.25) is 0 Å². The normalized spacial score (nSPS) is 12.8. The number of furan rings is 1. The van der Waals surface area contributed by atoms with Crippen LogP contribution in [0.4, 0.5) is 17.1 Å². The highest BCUT2D eigenvalue weighted by Crippen LogP contribution is 2.64. The van der Waals surface area contributed by atoms with Crippen LogP contribution >= 0.6 is 0 Å². The summed E-state index contributed by atoms with van der Waals surface area (Å²) in [6, 6.07) is 100. The molecule has 73 heavy (non-hydrogen) atoms. The van der Waals surface area contributed by atoms with Crippen LogP contribution in [0, 0.1) is 0 Å². The molecular weight excluding hydrogens is 883 g/mol. The fourth-order valence-electron chi connectivity index (χ4n) is 12.6. The van der Waals surface area contributed by atoms with Crippen LogP contribution in [0.1, 0.15) is 22.3 Å². The second-order valence-corrected chi connectivity index (χ2v) is 19.5. The summed E-state index contributed by atoms with van der Waals surface area (Å²) in [5.41, 5.74) is 24.2. The summed E-state index contributed by atoms with van der Waals surface area (Å²) in [6.07, 6.45) is 0. The molecule has 1 aromatic heterocycles. The zero-order valence-corrected chi connectivity index (χ0v) is 39.8. The molecule has 12 aromatic carbocycles. The number of benzene rings is 12. The van der Waals surface area contributed by atoms with E-state index in [1.54, 1.807) is 0 Å². The summed E-state index contributed by atoms with van der Waals surface area (Å²) < 4.78 is 6.55. The van der Waals surface area contributed by atoms with E-state index < -0.39 is 5.41 Å². The Bertz CT molecular complexity index is 4250. The zero-order chi connectivity index (χ0) is 48.0. The third kappa shape index (κ3) is 6.24. The second-order valence-electron chi connectivity index (χ2n) is 19.5. The molecule has 0 radical (unpaired) electrons. The number of anilines is 3. The molecule has 340 valence electrons. The Balaban J connectivity index is 0.956. The van der Waals surface area contributed by atoms with E-state index in [0.29, 0.717) is 0 Å². The van der Waals surface area contributed by atoms with E-state index in [9.17, 15) is 0 Å². The van der Waals surface area contributed by atoms with Crippen molar-refractivity contribution < 1.29 is 4.42 Å². The maximum Gasteiger partial charge on any atom is 0.143 e. The molecule has 15 rings (SSSR count). The van der Waals surface area contributed by atoms with Gasteiger partial charge in [-0.2, -0.15) is 0 Å². The SMILES string of the molecule is c1ccc(-c2cc(-c3cccc4c3C3(c5ccccc5-c5ccccc53)c3ccccc3-4)cc(N(c3ccc(-c4cccc5ccccc45)cc3)c3ccc(-c4cccc5c4oc4ccccc45)cc3)c2)cc1. The number of hydrogen-bond donors (Lipinski definition) is 0. The highest BCUT2D eigenvalue weighted by atomic mass is 16.3. The quantitative estimate of drug-likeness (QED) is 0.158. The lowest BCUT2D eigenvalue weighted by Crippen LogP contribution is -2.26. The molecule has 2 heteroatoms. The molecule has 0 unspecified atom stereocenters. The Labute approximate surface area is 424 Å². The van der Waals surface area contributed by atoms with Gasteiger partial charge in [-0.05, 0) is 143 Å². The number of fused-ring (bicyclic) bond motifs is 14. The molecule has 0 fully saturated rings. The molecule has 0 bridgehead atoms. The van der Waals surface area contributed by atoms with Gasteiger partial charge in [0.2, 0.25) is 0 Å². The Morgan fingerprint density at radius 1 is 0.274 bits per heavy atom. The average Bonchev–Trinajstić information content (AvgIpc) is 4.11. The van der Waals surface area contributed by atoms with Crippen molar-refractivity contribution in [3.8, 4) is 66.8 Å². The number of nitrogens with zero attached hydrogens (tertiary/aromatic N) is 1. The smallest absolute Gasteiger partial charge is 0.143 e. The van der Waals surface area contributed by atoms with Crippen LogP contribution in [0.3, 0.4) is 0 Å². The molecule has 2 aliphatic carbocycles. The Morgan fingerprint density at radius 3 is 1.47 bits per heavy atom. The fraction of sp³-hybridized carbons (Fsp3) is 0.0141. The van der Waals surface area contributed by atoms with Crippen LogP contribution in [-0.4, -0.2) is 0 Å². The Kier molecular flexibility index (Phi) is 9.21. The highest BCUT2D eigenvalue weighted by Gasteiger charge is 2.52. The van der Waals surface area contributed by atoms with E-state index in [1.165, 1.54) is 72.0 Å². The minimum absolute atomic E-state index is 0.506. The Morgan fingerprint density at radius 2 is 0.753 bits per heavy atom. The largest absolute Gasteiger partial charge is 0.455 e. The topological polar surface area (TPSA) is 16.4 Å². The standard InChI is InChI=1S/C71H45NO/c1-2-17-46(18-3-1)50-43-51(57-27-15-29-63-61-24-8-12-33-67(61)71(69(57)63)65-31-10-6-22-59(65)60-23-7-11-32-66(60)71)45-54(44-50)72(52-39-35-48(36-40-52)56-26-14-20-47-19-4-5-21-55(47)56)53-41-37-49(38-42-53)58-28-16-30-64-62-25-9-13-34-68(62)73-70(58)64/h1-45H. The first-order chi connectivity index (χ1) is 36.2. The maximum atomic E-state index is 6.55. The van der Waals surface area contributed by atoms with Crippen molar-refractivity contribution in [1.82, 2.24) is 0 Å². The third-order valence-corrected chi connectivity index (χ3v) is 15.7. The van der Waals surface area contributed by atoms with Crippen LogP contribution in [-0.2, 0) is 5.41 Å². The second kappa shape index (κ2) is 16.3. The Hall–Kier alpha value is -9.50. The van der Waals surface area contributed by atoms with Crippen molar-refractivity contribution in [2.24, 2.45) is 0 Å². The van der Waals surface area contributed by atoms with Gasteiger partial charge in [0.05, 0.1) is 5.41 Å². The lowest BCUT2D eigenvalue weighted by atomic mass is 9.68. The van der Waals surface area contributed by atoms with Gasteiger partial charge in [-0.25, -0.2) is 0 Å². The van der Waals surface area contributed by atoms with Gasteiger partial charge >= 0.3 is 0 Å². The molecule has 0 aliphatic heterocycles. The van der Waals surface area contributed by atoms with Gasteiger partial charge in [0.1, 0.15) is 11.2 Å². The lowest BCUT2D eigenvalue weighted by Gasteiger charge is -2.32. The molecule has 0 atom stereocenters. The molecule has 2 aliphatic rings. The predicted molar refractivity (Wildman–Crippen MR) is 304 cm³/mol. The van der Waals surface area contributed by atoms with Crippen molar-refractivity contribution in [3.63, 3.8) is 0 Å². The summed E-state index contributed by atoms with van der Waals surface area (Å²) >= 11 is 0. The van der Waals surface area contributed by atoms with Gasteiger partial charge in [-0.1, -0.05) is 224 Å². The van der Waals surface area contributed by atoms with E-state index in [1.807, 2.05) is 6.07 Å². The van der Waals surface area contributed by atoms with E-state index in [2.05, 4.69) is 272 Å². The van der Waals surface area contributed by atoms with Crippen molar-refractivity contribution in [3.05, 3.63) is 295 Å². The van der Waals surface area contributed by atoms with Gasteiger partial charge in [0, 0.05) is 33.4 Å². The van der Waals surface area contributed by atoms with E-state index in [0.717, 1.165) is 66.8 Å². The van der Waals surface area contributed by atoms with Gasteiger partial charge in [0.15, 0.2) is 0 Å². The lowest BCUT2D eigenvalue weighted by molar-refractivity contribution is 0.670. The van der Waals surface area contributed by atoms with Crippen LogP contribution in [0.25, 0.3) is 99.5 Å². The molecule has 0 N–H and O–H groups in total. The first-order valence-electron chi connectivity index (χ1n) is 25.2. The number of rotatable bonds is 7. The summed E-state index contributed by atoms with van der Waals surface area (Å²) in [7, 11) is 0. The van der Waals surface area contributed by atoms with Crippen LogP contribution < -0.4 is 4.90 Å². The van der Waals surface area contributed by atoms with Crippen LogP contribution in [0.15, 0.2) is 277 Å². The molecule has 13 aromatic rings. The zero-order valence-electron chi connectivity index (χ0n) is 39.8. The van der Waals surface area contributed by atoms with E-state index >= 15 is 0 Å². The molecule has 1 heterocycles. The molecule has 0 saturated carbocycles. The van der Waals surface area contributed by atoms with Gasteiger partial charge in [0.25, 0.3) is 0 Å². The maximum absolute atomic E-state index is 6.55. The summed E-state index contributed by atoms with van der Waals surface area (Å²) in [4.78, 5) is 2.43. The first kappa shape index (κ1) is 41.3. The van der Waals surface area contributed by atoms with Crippen LogP contribution in [0.2, 0.25) is 0 Å². The highest BCUT2D eigenvalue weighted by molar-refractivity contribution is 6.10. The first-order valence-corrected chi connectivity index (χ1v) is 25.2. The van der Waals surface area contributed by atoms with Crippen molar-refractivity contribution in [2.45, 2.75) is 5.41 Å². The monoisotopic (exact) mass is 927 g/mol. The summed E-state index contributed by atoms with van der Waals surface area (Å²) in [6.45, 7) is 0. The van der Waals surface area contributed by atoms with E-state index in [4.69, 9.17) is 4.42 Å². The van der Waals surface area contributed by atoms with Crippen molar-refractivity contribution in [1.29, 1.82) is 0 Å². The van der Waals surface area contributed by atoms with Gasteiger partial charge < -0.3 is 9.32 Å². The minimum atomic E-state index is -0.506. The molecule has 1 spiro atoms. The number of para-hydroxylation sites is 2. The summed E-state index contributed by atoms with van der Waals surface area (Å²) in [5.74, 6) is 0. The molecule has 0 saturated heterocycles. The fourth-order valence-corrected chi connectivity index (χ4v) is 12.6. The average molecular weight is 928 g/mol. The molecule has 2 nitrogen and oxygen atoms in total. The van der Waals surface area contributed by atoms with Crippen molar-refractivity contribution >= 4 is 49.8 Å². The molecular formula is C71H45NO.